The summed E-state index contributed by atoms with van der Waals surface area (Å²) >= 11 is 0. The van der Waals surface area contributed by atoms with Crippen LogP contribution in [-0.4, -0.2) is 0 Å². The van der Waals surface area contributed by atoms with Crippen LogP contribution in [0.4, 0.5) is 18.9 Å². The van der Waals surface area contributed by atoms with Gasteiger partial charge in [0.2, 0.25) is 0 Å². The van der Waals surface area contributed by atoms with Crippen molar-refractivity contribution in [3.8, 4) is 45.5 Å². The SMILES string of the molecule is [C-]#[N+]/C(C#N)=C1/c2cc(-c3cccc(C(F)(F)F)c3)c(C#N)cc2-c2cc([N+]#[C-])c(-c3cccc(C)c3)cc21. The van der Waals surface area contributed by atoms with Crippen molar-refractivity contribution in [2.24, 2.45) is 0 Å². The smallest absolute Gasteiger partial charge is 0.237 e. The molecule has 0 atom stereocenters. The van der Waals surface area contributed by atoms with Crippen molar-refractivity contribution in [3.63, 3.8) is 0 Å². The molecule has 4 nitrogen and oxygen atoms in total. The van der Waals surface area contributed by atoms with E-state index in [4.69, 9.17) is 13.1 Å². The predicted molar refractivity (Wildman–Crippen MR) is 142 cm³/mol. The molecule has 0 saturated carbocycles. The van der Waals surface area contributed by atoms with Gasteiger partial charge < -0.3 is 0 Å². The van der Waals surface area contributed by atoms with Gasteiger partial charge in [0.1, 0.15) is 0 Å². The third-order valence-electron chi connectivity index (χ3n) is 6.65. The summed E-state index contributed by atoms with van der Waals surface area (Å²) in [6.45, 7) is 17.4. The Labute approximate surface area is 222 Å². The van der Waals surface area contributed by atoms with Crippen molar-refractivity contribution >= 4 is 11.3 Å². The first-order chi connectivity index (χ1) is 18.7. The summed E-state index contributed by atoms with van der Waals surface area (Å²) < 4.78 is 40.3. The number of hydrogen-bond acceptors (Lipinski definition) is 2. The van der Waals surface area contributed by atoms with Crippen molar-refractivity contribution in [3.05, 3.63) is 129 Å². The monoisotopic (exact) mass is 512 g/mol. The maximum absolute atomic E-state index is 13.4. The number of benzene rings is 4. The van der Waals surface area contributed by atoms with E-state index in [0.717, 1.165) is 23.3 Å². The normalized spacial score (nSPS) is 12.8. The molecule has 1 aliphatic carbocycles. The van der Waals surface area contributed by atoms with E-state index in [1.54, 1.807) is 24.3 Å². The zero-order chi connectivity index (χ0) is 27.9. The number of allylic oxidation sites excluding steroid dienone is 1. The minimum absolute atomic E-state index is 0.133. The molecule has 0 amide bonds. The van der Waals surface area contributed by atoms with Crippen molar-refractivity contribution in [1.29, 1.82) is 10.5 Å². The number of hydrogen-bond donors (Lipinski definition) is 0. The summed E-state index contributed by atoms with van der Waals surface area (Å²) in [6.07, 6.45) is -4.57. The van der Waals surface area contributed by atoms with Crippen molar-refractivity contribution in [1.82, 2.24) is 0 Å². The fourth-order valence-electron chi connectivity index (χ4n) is 4.91. The molecular weight excluding hydrogens is 497 g/mol. The molecule has 4 aromatic rings. The Hall–Kier alpha value is -5.63. The van der Waals surface area contributed by atoms with Crippen LogP contribution in [-0.2, 0) is 6.18 Å². The van der Waals surface area contributed by atoms with Crippen molar-refractivity contribution < 1.29 is 13.2 Å². The van der Waals surface area contributed by atoms with Gasteiger partial charge in [-0.15, -0.1) is 0 Å². The molecule has 0 aliphatic heterocycles. The maximum Gasteiger partial charge on any atom is 0.416 e. The highest BCUT2D eigenvalue weighted by Crippen LogP contribution is 2.51. The predicted octanol–water partition coefficient (Wildman–Crippen LogP) is 8.95. The topological polar surface area (TPSA) is 56.3 Å². The second kappa shape index (κ2) is 9.35. The van der Waals surface area contributed by atoms with Gasteiger partial charge in [-0.3, -0.25) is 0 Å². The van der Waals surface area contributed by atoms with E-state index in [0.29, 0.717) is 39.1 Å². The highest BCUT2D eigenvalue weighted by atomic mass is 19.4. The van der Waals surface area contributed by atoms with Gasteiger partial charge >= 0.3 is 6.18 Å². The Bertz CT molecular complexity index is 1890. The van der Waals surface area contributed by atoms with Gasteiger partial charge in [-0.25, -0.2) is 15.0 Å². The molecule has 0 spiro atoms. The lowest BCUT2D eigenvalue weighted by atomic mass is 9.92. The first kappa shape index (κ1) is 25.0. The van der Waals surface area contributed by atoms with Gasteiger partial charge in [0.05, 0.1) is 36.4 Å². The van der Waals surface area contributed by atoms with Crippen LogP contribution in [0.2, 0.25) is 0 Å². The summed E-state index contributed by atoms with van der Waals surface area (Å²) in [5.41, 5.74) is 4.70. The lowest BCUT2D eigenvalue weighted by Gasteiger charge is -2.12. The molecule has 5 rings (SSSR count). The molecule has 0 aromatic heterocycles. The van der Waals surface area contributed by atoms with E-state index in [-0.39, 0.29) is 22.4 Å². The van der Waals surface area contributed by atoms with Crippen LogP contribution in [0.25, 0.3) is 48.6 Å². The average molecular weight is 512 g/mol. The first-order valence-corrected chi connectivity index (χ1v) is 11.6. The minimum atomic E-state index is -4.57. The molecule has 184 valence electrons. The Morgan fingerprint density at radius 2 is 1.41 bits per heavy atom. The Morgan fingerprint density at radius 1 is 0.769 bits per heavy atom. The van der Waals surface area contributed by atoms with Gasteiger partial charge in [-0.2, -0.15) is 18.4 Å². The molecule has 7 heteroatoms. The summed E-state index contributed by atoms with van der Waals surface area (Å²) in [5.74, 6) is 0. The van der Waals surface area contributed by atoms with Gasteiger partial charge in [0.15, 0.2) is 5.69 Å². The van der Waals surface area contributed by atoms with E-state index in [9.17, 15) is 23.7 Å². The maximum atomic E-state index is 13.4. The first-order valence-electron chi connectivity index (χ1n) is 11.6. The molecule has 0 unspecified atom stereocenters. The highest BCUT2D eigenvalue weighted by Gasteiger charge is 2.32. The molecular formula is C32H15F3N4. The molecule has 0 N–H and O–H groups in total. The van der Waals surface area contributed by atoms with Gasteiger partial charge in [0, 0.05) is 11.1 Å². The molecule has 0 saturated heterocycles. The number of rotatable bonds is 2. The molecule has 0 fully saturated rings. The van der Waals surface area contributed by atoms with Crippen molar-refractivity contribution in [2.45, 2.75) is 13.1 Å². The Balaban J connectivity index is 1.83. The van der Waals surface area contributed by atoms with Crippen LogP contribution in [0.1, 0.15) is 27.8 Å². The Morgan fingerprint density at radius 3 is 2.00 bits per heavy atom. The molecule has 0 radical (unpaired) electrons. The molecule has 39 heavy (non-hydrogen) atoms. The fraction of sp³-hybridized carbons (Fsp3) is 0.0625. The van der Waals surface area contributed by atoms with Gasteiger partial charge in [0.25, 0.3) is 5.70 Å². The average Bonchev–Trinajstić information content (AvgIpc) is 3.24. The van der Waals surface area contributed by atoms with E-state index in [1.165, 1.54) is 12.1 Å². The molecule has 4 aromatic carbocycles. The molecule has 1 aliphatic rings. The fourth-order valence-corrected chi connectivity index (χ4v) is 4.91. The van der Waals surface area contributed by atoms with Gasteiger partial charge in [-0.05, 0) is 76.2 Å². The van der Waals surface area contributed by atoms with Crippen LogP contribution in [0.15, 0.2) is 78.5 Å². The summed E-state index contributed by atoms with van der Waals surface area (Å²) in [6, 6.07) is 22.9. The summed E-state index contributed by atoms with van der Waals surface area (Å²) in [4.78, 5) is 7.15. The Kier molecular flexibility index (Phi) is 6.00. The number of fused-ring (bicyclic) bond motifs is 3. The lowest BCUT2D eigenvalue weighted by molar-refractivity contribution is -0.137. The quantitative estimate of drug-likeness (QED) is 0.175. The summed E-state index contributed by atoms with van der Waals surface area (Å²) in [5, 5.41) is 19.8. The third-order valence-corrected chi connectivity index (χ3v) is 6.65. The van der Waals surface area contributed by atoms with Crippen molar-refractivity contribution in [2.75, 3.05) is 0 Å². The second-order valence-electron chi connectivity index (χ2n) is 8.98. The second-order valence-corrected chi connectivity index (χ2v) is 8.98. The number of nitrogens with zero attached hydrogens (tertiary/aromatic N) is 4. The molecule has 0 heterocycles. The zero-order valence-electron chi connectivity index (χ0n) is 20.4. The number of alkyl halides is 3. The van der Waals surface area contributed by atoms with E-state index >= 15 is 0 Å². The third kappa shape index (κ3) is 4.19. The number of nitriles is 2. The molecule has 0 bridgehead atoms. The standard InChI is InChI=1S/C32H15F3N4/c1-18-6-4-7-19(10-18)24-14-28-26(15-29(24)38-2)25-12-21(16-36)23(13-27(25)31(28)30(17-37)39-3)20-8-5-9-22(11-20)32(33,34)35/h4-15H,1H3/b31-30-. The number of aryl methyl sites for hydroxylation is 1. The minimum Gasteiger partial charge on any atom is -0.237 e. The van der Waals surface area contributed by atoms with E-state index < -0.39 is 11.7 Å². The highest BCUT2D eigenvalue weighted by molar-refractivity contribution is 6.07. The largest absolute Gasteiger partial charge is 0.416 e. The van der Waals surface area contributed by atoms with Crippen LogP contribution in [0.3, 0.4) is 0 Å². The number of halogens is 3. The summed E-state index contributed by atoms with van der Waals surface area (Å²) in [7, 11) is 0. The van der Waals surface area contributed by atoms with E-state index in [1.807, 2.05) is 37.3 Å². The van der Waals surface area contributed by atoms with Crippen LogP contribution < -0.4 is 0 Å². The van der Waals surface area contributed by atoms with Crippen LogP contribution >= 0.6 is 0 Å². The van der Waals surface area contributed by atoms with E-state index in [2.05, 4.69) is 15.8 Å². The van der Waals surface area contributed by atoms with Gasteiger partial charge in [-0.1, -0.05) is 48.0 Å². The van der Waals surface area contributed by atoms with Crippen LogP contribution in [0, 0.1) is 42.7 Å². The lowest BCUT2D eigenvalue weighted by Crippen LogP contribution is -2.04. The van der Waals surface area contributed by atoms with Crippen LogP contribution in [0.5, 0.6) is 0 Å². The zero-order valence-corrected chi connectivity index (χ0v) is 20.4.